The zero-order valence-corrected chi connectivity index (χ0v) is 21.8. The minimum atomic E-state index is -3.19. The summed E-state index contributed by atoms with van der Waals surface area (Å²) in [5, 5.41) is 3.37. The SMILES string of the molecule is CCNC(=NCCOc1ccc(S(C)(=O)=O)cc1)N1CCC(=Cc2ccccc2)CC1.I. The number of benzene rings is 2. The number of hydrogen-bond donors (Lipinski definition) is 1. The lowest BCUT2D eigenvalue weighted by atomic mass is 10.0. The van der Waals surface area contributed by atoms with Crippen LogP contribution < -0.4 is 10.1 Å². The van der Waals surface area contributed by atoms with E-state index in [1.165, 1.54) is 17.4 Å². The third-order valence-corrected chi connectivity index (χ3v) is 6.21. The molecular formula is C24H32IN3O3S. The van der Waals surface area contributed by atoms with Crippen LogP contribution in [0.15, 0.2) is 70.1 Å². The van der Waals surface area contributed by atoms with Gasteiger partial charge in [-0.3, -0.25) is 0 Å². The fourth-order valence-corrected chi connectivity index (χ4v) is 4.09. The Morgan fingerprint density at radius 1 is 1.09 bits per heavy atom. The highest BCUT2D eigenvalue weighted by atomic mass is 127. The number of hydrogen-bond acceptors (Lipinski definition) is 4. The molecule has 1 heterocycles. The van der Waals surface area contributed by atoms with Crippen LogP contribution in [0.2, 0.25) is 0 Å². The Balaban J connectivity index is 0.00000363. The molecule has 0 amide bonds. The number of aliphatic imine (C=N–C) groups is 1. The zero-order chi connectivity index (χ0) is 22.1. The van der Waals surface area contributed by atoms with Crippen LogP contribution in [0.5, 0.6) is 5.75 Å². The molecule has 0 aliphatic carbocycles. The number of ether oxygens (including phenoxy) is 1. The lowest BCUT2D eigenvalue weighted by molar-refractivity contribution is 0.325. The third kappa shape index (κ3) is 8.12. The maximum atomic E-state index is 11.5. The molecular weight excluding hydrogens is 537 g/mol. The summed E-state index contributed by atoms with van der Waals surface area (Å²) < 4.78 is 28.8. The Bertz CT molecular complexity index is 997. The highest BCUT2D eigenvalue weighted by Gasteiger charge is 2.17. The van der Waals surface area contributed by atoms with Gasteiger partial charge in [-0.1, -0.05) is 42.0 Å². The second-order valence-electron chi connectivity index (χ2n) is 7.53. The number of halogens is 1. The van der Waals surface area contributed by atoms with Gasteiger partial charge in [0.05, 0.1) is 11.4 Å². The van der Waals surface area contributed by atoms with E-state index < -0.39 is 9.84 Å². The molecule has 0 radical (unpaired) electrons. The first-order chi connectivity index (χ1) is 15.0. The molecule has 0 spiro atoms. The van der Waals surface area contributed by atoms with E-state index in [-0.39, 0.29) is 28.9 Å². The largest absolute Gasteiger partial charge is 0.492 e. The molecule has 1 saturated heterocycles. The second kappa shape index (κ2) is 12.8. The van der Waals surface area contributed by atoms with Crippen molar-refractivity contribution in [1.29, 1.82) is 0 Å². The predicted molar refractivity (Wildman–Crippen MR) is 142 cm³/mol. The van der Waals surface area contributed by atoms with Crippen LogP contribution >= 0.6 is 24.0 Å². The van der Waals surface area contributed by atoms with Crippen molar-refractivity contribution in [2.75, 3.05) is 39.0 Å². The molecule has 0 unspecified atom stereocenters. The van der Waals surface area contributed by atoms with Crippen molar-refractivity contribution in [3.63, 3.8) is 0 Å². The molecule has 1 N–H and O–H groups in total. The maximum absolute atomic E-state index is 11.5. The smallest absolute Gasteiger partial charge is 0.194 e. The first-order valence-electron chi connectivity index (χ1n) is 10.7. The number of nitrogens with zero attached hydrogens (tertiary/aromatic N) is 2. The molecule has 0 bridgehead atoms. The number of piperidine rings is 1. The quantitative estimate of drug-likeness (QED) is 0.234. The van der Waals surface area contributed by atoms with Gasteiger partial charge >= 0.3 is 0 Å². The van der Waals surface area contributed by atoms with Crippen LogP contribution in [0, 0.1) is 0 Å². The summed E-state index contributed by atoms with van der Waals surface area (Å²) in [6, 6.07) is 16.9. The normalized spacial score (nSPS) is 14.5. The van der Waals surface area contributed by atoms with Crippen molar-refractivity contribution in [2.24, 2.45) is 4.99 Å². The Morgan fingerprint density at radius 3 is 2.34 bits per heavy atom. The Hall–Kier alpha value is -2.07. The van der Waals surface area contributed by atoms with Crippen LogP contribution in [0.1, 0.15) is 25.3 Å². The van der Waals surface area contributed by atoms with E-state index in [4.69, 9.17) is 9.73 Å². The topological polar surface area (TPSA) is 71.0 Å². The fraction of sp³-hybridized carbons (Fsp3) is 0.375. The molecule has 1 fully saturated rings. The Labute approximate surface area is 208 Å². The molecule has 32 heavy (non-hydrogen) atoms. The highest BCUT2D eigenvalue weighted by molar-refractivity contribution is 14.0. The third-order valence-electron chi connectivity index (χ3n) is 5.08. The van der Waals surface area contributed by atoms with Crippen molar-refractivity contribution >= 4 is 45.8 Å². The van der Waals surface area contributed by atoms with Gasteiger partial charge in [-0.15, -0.1) is 24.0 Å². The van der Waals surface area contributed by atoms with Crippen molar-refractivity contribution in [3.05, 3.63) is 65.7 Å². The molecule has 2 aromatic carbocycles. The molecule has 3 rings (SSSR count). The number of likely N-dealkylation sites (tertiary alicyclic amines) is 1. The van der Waals surface area contributed by atoms with E-state index in [1.807, 2.05) is 6.07 Å². The van der Waals surface area contributed by atoms with E-state index in [9.17, 15) is 8.42 Å². The average Bonchev–Trinajstić information content (AvgIpc) is 2.77. The molecule has 8 heteroatoms. The predicted octanol–water partition coefficient (Wildman–Crippen LogP) is 4.23. The standard InChI is InChI=1S/C24H31N3O3S.HI/c1-3-25-24(26-15-18-30-22-9-11-23(12-10-22)31(2,28)29)27-16-13-21(14-17-27)19-20-7-5-4-6-8-20;/h4-12,19H,3,13-18H2,1-2H3,(H,25,26);1H. The fourth-order valence-electron chi connectivity index (χ4n) is 3.46. The molecule has 0 aromatic heterocycles. The van der Waals surface area contributed by atoms with E-state index in [1.54, 1.807) is 24.3 Å². The summed E-state index contributed by atoms with van der Waals surface area (Å²) in [6.07, 6.45) is 5.55. The van der Waals surface area contributed by atoms with Gasteiger partial charge in [0.15, 0.2) is 15.8 Å². The van der Waals surface area contributed by atoms with E-state index in [0.717, 1.165) is 38.4 Å². The van der Waals surface area contributed by atoms with E-state index in [2.05, 4.69) is 47.5 Å². The first-order valence-corrected chi connectivity index (χ1v) is 12.6. The van der Waals surface area contributed by atoms with Gasteiger partial charge in [-0.05, 0) is 49.6 Å². The van der Waals surface area contributed by atoms with Gasteiger partial charge in [-0.25, -0.2) is 13.4 Å². The van der Waals surface area contributed by atoms with Crippen molar-refractivity contribution in [3.8, 4) is 5.75 Å². The molecule has 6 nitrogen and oxygen atoms in total. The van der Waals surface area contributed by atoms with Crippen molar-refractivity contribution < 1.29 is 13.2 Å². The lowest BCUT2D eigenvalue weighted by Crippen LogP contribution is -2.44. The van der Waals surface area contributed by atoms with Crippen LogP contribution in [0.25, 0.3) is 6.08 Å². The van der Waals surface area contributed by atoms with E-state index >= 15 is 0 Å². The summed E-state index contributed by atoms with van der Waals surface area (Å²) in [6.45, 7) is 5.73. The zero-order valence-electron chi connectivity index (χ0n) is 18.7. The van der Waals surface area contributed by atoms with Crippen molar-refractivity contribution in [1.82, 2.24) is 10.2 Å². The van der Waals surface area contributed by atoms with Crippen molar-refractivity contribution in [2.45, 2.75) is 24.7 Å². The molecule has 174 valence electrons. The van der Waals surface area contributed by atoms with Gasteiger partial charge in [0.2, 0.25) is 0 Å². The van der Waals surface area contributed by atoms with Crippen LogP contribution in [0.3, 0.4) is 0 Å². The lowest BCUT2D eigenvalue weighted by Gasteiger charge is -2.31. The minimum absolute atomic E-state index is 0. The first kappa shape index (κ1) is 26.2. The Kier molecular flexibility index (Phi) is 10.5. The number of guanidine groups is 1. The molecule has 0 saturated carbocycles. The van der Waals surface area contributed by atoms with Crippen LogP contribution in [-0.2, 0) is 9.84 Å². The van der Waals surface area contributed by atoms with Gasteiger partial charge < -0.3 is 15.0 Å². The maximum Gasteiger partial charge on any atom is 0.194 e. The van der Waals surface area contributed by atoms with Gasteiger partial charge in [-0.2, -0.15) is 0 Å². The second-order valence-corrected chi connectivity index (χ2v) is 9.54. The molecule has 1 aliphatic rings. The van der Waals surface area contributed by atoms with Gasteiger partial charge in [0.1, 0.15) is 12.4 Å². The molecule has 1 aliphatic heterocycles. The Morgan fingerprint density at radius 2 is 1.75 bits per heavy atom. The van der Waals surface area contributed by atoms with Crippen LogP contribution in [0.4, 0.5) is 0 Å². The minimum Gasteiger partial charge on any atom is -0.492 e. The summed E-state index contributed by atoms with van der Waals surface area (Å²) in [7, 11) is -3.19. The van der Waals surface area contributed by atoms with E-state index in [0.29, 0.717) is 18.9 Å². The summed E-state index contributed by atoms with van der Waals surface area (Å²) >= 11 is 0. The van der Waals surface area contributed by atoms with Gasteiger partial charge in [0.25, 0.3) is 0 Å². The summed E-state index contributed by atoms with van der Waals surface area (Å²) in [5.41, 5.74) is 2.73. The summed E-state index contributed by atoms with van der Waals surface area (Å²) in [4.78, 5) is 7.30. The number of sulfone groups is 1. The summed E-state index contributed by atoms with van der Waals surface area (Å²) in [5.74, 6) is 1.55. The highest BCUT2D eigenvalue weighted by Crippen LogP contribution is 2.20. The monoisotopic (exact) mass is 569 g/mol. The van der Waals surface area contributed by atoms with Crippen LogP contribution in [-0.4, -0.2) is 58.3 Å². The van der Waals surface area contributed by atoms with Gasteiger partial charge in [0, 0.05) is 25.9 Å². The average molecular weight is 570 g/mol. The molecule has 2 aromatic rings. The number of nitrogens with one attached hydrogen (secondary N) is 1. The molecule has 0 atom stereocenters. The number of rotatable bonds is 7.